The van der Waals surface area contributed by atoms with Gasteiger partial charge in [-0.05, 0) is 95.1 Å². The first-order chi connectivity index (χ1) is 36.7. The molecule has 0 unspecified atom stereocenters. The average molecular weight is 995 g/mol. The predicted octanol–water partition coefficient (Wildman–Crippen LogP) is 11.0. The summed E-state index contributed by atoms with van der Waals surface area (Å²) in [6, 6.07) is 41.3. The van der Waals surface area contributed by atoms with Crippen LogP contribution in [0.2, 0.25) is 0 Å². The fourth-order valence-corrected chi connectivity index (χ4v) is 9.35. The Morgan fingerprint density at radius 1 is 0.270 bits per heavy atom. The fraction of sp³-hybridized carbons (Fsp3) is 0.267. The maximum Gasteiger partial charge on any atom is 0.161 e. The Morgan fingerprint density at radius 3 is 0.959 bits per heavy atom. The maximum atomic E-state index is 6.43. The number of aromatic amines is 2. The molecule has 4 aliphatic rings. The van der Waals surface area contributed by atoms with Gasteiger partial charge in [0.25, 0.3) is 0 Å². The molecule has 4 aliphatic heterocycles. The molecule has 378 valence electrons. The van der Waals surface area contributed by atoms with E-state index in [1.807, 2.05) is 66.7 Å². The van der Waals surface area contributed by atoms with E-state index in [-0.39, 0.29) is 0 Å². The van der Waals surface area contributed by atoms with Crippen LogP contribution in [0.4, 0.5) is 0 Å². The summed E-state index contributed by atoms with van der Waals surface area (Å²) in [5.74, 6) is 2.39. The Hall–Kier alpha value is -7.56. The smallest absolute Gasteiger partial charge is 0.161 e. The standard InChI is InChI=1S/C60H58N4O10/c1-3-7-41(8-4-1)57-45-13-17-49(61-45)59(43-11-21-53-55(39-43)73-37-33-69-29-25-65-23-27-67-31-35-71-53)51-19-15-47(63-51)58(42-9-5-2-6-10-42)48-16-20-52(64-48)60(50-18-14-46(57)62-50)44-12-22-54-56(40-44)74-38-34-70-30-26-66-24-28-68-32-36-72-54/h1-22,39-40,61,63H,23-38H2. The summed E-state index contributed by atoms with van der Waals surface area (Å²) in [5.41, 5.74) is 14.0. The van der Waals surface area contributed by atoms with Crippen LogP contribution in [-0.4, -0.2) is 126 Å². The number of ether oxygens (including phenoxy) is 10. The van der Waals surface area contributed by atoms with Crippen LogP contribution in [0.5, 0.6) is 23.0 Å². The molecule has 8 bridgehead atoms. The molecule has 4 aromatic carbocycles. The summed E-state index contributed by atoms with van der Waals surface area (Å²) in [7, 11) is 0. The third-order valence-corrected chi connectivity index (χ3v) is 12.8. The van der Waals surface area contributed by atoms with E-state index >= 15 is 0 Å². The Bertz CT molecular complexity index is 3140. The molecule has 0 saturated carbocycles. The first kappa shape index (κ1) is 48.7. The van der Waals surface area contributed by atoms with Gasteiger partial charge in [0, 0.05) is 44.3 Å². The van der Waals surface area contributed by atoms with Gasteiger partial charge in [-0.2, -0.15) is 0 Å². The minimum Gasteiger partial charge on any atom is -0.487 e. The van der Waals surface area contributed by atoms with Gasteiger partial charge < -0.3 is 57.3 Å². The molecule has 0 radical (unpaired) electrons. The monoisotopic (exact) mass is 994 g/mol. The highest BCUT2D eigenvalue weighted by atomic mass is 16.6. The maximum absolute atomic E-state index is 6.43. The zero-order chi connectivity index (χ0) is 49.7. The molecule has 74 heavy (non-hydrogen) atoms. The van der Waals surface area contributed by atoms with E-state index in [0.717, 1.165) is 89.4 Å². The summed E-state index contributed by atoms with van der Waals surface area (Å²) in [5, 5.41) is 0. The quantitative estimate of drug-likeness (QED) is 0.173. The molecule has 0 spiro atoms. The van der Waals surface area contributed by atoms with Crippen molar-refractivity contribution >= 4 is 46.4 Å². The van der Waals surface area contributed by atoms with Gasteiger partial charge in [0.1, 0.15) is 26.4 Å². The SMILES string of the molecule is C1=Cc2nc1c(-c1ccc3c(c1)OCCOCCOCCOCCO3)c1nc(c(-c3ccccc3)c3ccc([nH]3)c(-c3ccc4c(c3)OCCOCCOCCOCCO4)c3ccc([nH]3)c2-c2ccccc2)C=C1. The van der Waals surface area contributed by atoms with Gasteiger partial charge in [-0.25, -0.2) is 9.97 Å². The van der Waals surface area contributed by atoms with Crippen molar-refractivity contribution in [1.29, 1.82) is 0 Å². The molecular weight excluding hydrogens is 937 g/mol. The summed E-state index contributed by atoms with van der Waals surface area (Å²) < 4.78 is 59.8. The number of H-pyrrole nitrogens is 2. The lowest BCUT2D eigenvalue weighted by molar-refractivity contribution is 0.00708. The van der Waals surface area contributed by atoms with Crippen LogP contribution in [0.25, 0.3) is 90.9 Å². The Balaban J connectivity index is 1.12. The molecule has 11 rings (SSSR count). The van der Waals surface area contributed by atoms with Crippen molar-refractivity contribution in [2.24, 2.45) is 0 Å². The Kier molecular flexibility index (Phi) is 15.8. The van der Waals surface area contributed by atoms with Crippen LogP contribution < -0.4 is 18.9 Å². The molecular formula is C60H58N4O10. The lowest BCUT2D eigenvalue weighted by Crippen LogP contribution is -2.13. The number of nitrogens with one attached hydrogen (secondary N) is 2. The van der Waals surface area contributed by atoms with Crippen LogP contribution in [-0.2, 0) is 28.4 Å². The van der Waals surface area contributed by atoms with Crippen molar-refractivity contribution < 1.29 is 47.4 Å². The van der Waals surface area contributed by atoms with Crippen molar-refractivity contribution in [2.75, 3.05) is 106 Å². The highest BCUT2D eigenvalue weighted by molar-refractivity contribution is 6.00. The first-order valence-electron chi connectivity index (χ1n) is 25.3. The lowest BCUT2D eigenvalue weighted by Gasteiger charge is -2.15. The van der Waals surface area contributed by atoms with Crippen LogP contribution in [0, 0.1) is 0 Å². The molecule has 0 atom stereocenters. The van der Waals surface area contributed by atoms with Crippen molar-refractivity contribution in [1.82, 2.24) is 19.9 Å². The van der Waals surface area contributed by atoms with E-state index in [1.54, 1.807) is 0 Å². The molecule has 3 aromatic heterocycles. The number of hydrogen-bond acceptors (Lipinski definition) is 12. The van der Waals surface area contributed by atoms with Gasteiger partial charge in [-0.15, -0.1) is 0 Å². The van der Waals surface area contributed by atoms with E-state index in [1.165, 1.54) is 0 Å². The van der Waals surface area contributed by atoms with Crippen LogP contribution >= 0.6 is 0 Å². The lowest BCUT2D eigenvalue weighted by atomic mass is 10.0. The number of aromatic nitrogens is 4. The van der Waals surface area contributed by atoms with Crippen molar-refractivity contribution in [3.05, 3.63) is 144 Å². The van der Waals surface area contributed by atoms with E-state index in [9.17, 15) is 0 Å². The molecule has 14 nitrogen and oxygen atoms in total. The molecule has 7 aromatic rings. The summed E-state index contributed by atoms with van der Waals surface area (Å²) in [6.45, 7) is 6.79. The van der Waals surface area contributed by atoms with Gasteiger partial charge in [-0.3, -0.25) is 0 Å². The third kappa shape index (κ3) is 11.5. The van der Waals surface area contributed by atoms with Crippen LogP contribution in [0.15, 0.2) is 121 Å². The van der Waals surface area contributed by atoms with Gasteiger partial charge in [-0.1, -0.05) is 72.8 Å². The second-order valence-corrected chi connectivity index (χ2v) is 17.6. The van der Waals surface area contributed by atoms with Gasteiger partial charge in [0.05, 0.1) is 102 Å². The second kappa shape index (κ2) is 24.0. The molecule has 7 heterocycles. The zero-order valence-corrected chi connectivity index (χ0v) is 41.1. The molecule has 0 aliphatic carbocycles. The average Bonchev–Trinajstić information content (AvgIpc) is 4.29. The molecule has 2 N–H and O–H groups in total. The van der Waals surface area contributed by atoms with Crippen molar-refractivity contribution in [3.63, 3.8) is 0 Å². The highest BCUT2D eigenvalue weighted by Gasteiger charge is 2.22. The van der Waals surface area contributed by atoms with E-state index < -0.39 is 0 Å². The summed E-state index contributed by atoms with van der Waals surface area (Å²) >= 11 is 0. The van der Waals surface area contributed by atoms with Gasteiger partial charge in [0.2, 0.25) is 0 Å². The molecule has 14 heteroatoms. The summed E-state index contributed by atoms with van der Waals surface area (Å²) in [6.07, 6.45) is 8.31. The first-order valence-corrected chi connectivity index (χ1v) is 25.3. The largest absolute Gasteiger partial charge is 0.487 e. The minimum absolute atomic E-state index is 0.319. The Morgan fingerprint density at radius 2 is 0.581 bits per heavy atom. The third-order valence-electron chi connectivity index (χ3n) is 12.8. The van der Waals surface area contributed by atoms with Gasteiger partial charge >= 0.3 is 0 Å². The Labute approximate surface area is 429 Å². The molecule has 0 saturated heterocycles. The predicted molar refractivity (Wildman–Crippen MR) is 287 cm³/mol. The summed E-state index contributed by atoms with van der Waals surface area (Å²) in [4.78, 5) is 18.7. The minimum atomic E-state index is 0.319. The number of rotatable bonds is 4. The number of benzene rings is 4. The normalized spacial score (nSPS) is 16.3. The van der Waals surface area contributed by atoms with Gasteiger partial charge in [0.15, 0.2) is 23.0 Å². The van der Waals surface area contributed by atoms with Crippen molar-refractivity contribution in [2.45, 2.75) is 0 Å². The van der Waals surface area contributed by atoms with Crippen LogP contribution in [0.3, 0.4) is 0 Å². The number of nitrogens with zero attached hydrogens (tertiary/aromatic N) is 2. The molecule has 0 amide bonds. The number of fused-ring (bicyclic) bond motifs is 10. The van der Waals surface area contributed by atoms with Crippen molar-refractivity contribution in [3.8, 4) is 67.5 Å². The van der Waals surface area contributed by atoms with E-state index in [2.05, 4.69) is 88.9 Å². The van der Waals surface area contributed by atoms with Crippen LogP contribution in [0.1, 0.15) is 22.8 Å². The number of hydrogen-bond donors (Lipinski definition) is 2. The molecule has 0 fully saturated rings. The highest BCUT2D eigenvalue weighted by Crippen LogP contribution is 2.42. The topological polar surface area (TPSA) is 150 Å². The fourth-order valence-electron chi connectivity index (χ4n) is 9.35. The van der Waals surface area contributed by atoms with E-state index in [0.29, 0.717) is 129 Å². The zero-order valence-electron chi connectivity index (χ0n) is 41.1. The van der Waals surface area contributed by atoms with E-state index in [4.69, 9.17) is 57.3 Å². The second-order valence-electron chi connectivity index (χ2n) is 17.6.